The van der Waals surface area contributed by atoms with E-state index in [-0.39, 0.29) is 29.7 Å². The predicted molar refractivity (Wildman–Crippen MR) is 217 cm³/mol. The van der Waals surface area contributed by atoms with E-state index < -0.39 is 46.8 Å². The van der Waals surface area contributed by atoms with Gasteiger partial charge in [0, 0.05) is 17.3 Å². The second-order valence-corrected chi connectivity index (χ2v) is 15.3. The number of nitrogens with one attached hydrogen (secondary N) is 2. The van der Waals surface area contributed by atoms with Crippen molar-refractivity contribution < 1.29 is 29.0 Å². The number of aromatic hydroxyl groups is 1. The molecule has 1 saturated carbocycles. The number of amides is 4. The quantitative estimate of drug-likeness (QED) is 0.102. The van der Waals surface area contributed by atoms with Crippen molar-refractivity contribution in [3.63, 3.8) is 0 Å². The number of hydrazine groups is 1. The Morgan fingerprint density at radius 2 is 1.42 bits per heavy atom. The van der Waals surface area contributed by atoms with Gasteiger partial charge in [0.15, 0.2) is 11.5 Å². The molecule has 0 aromatic heterocycles. The second-order valence-electron chi connectivity index (χ2n) is 15.3. The third kappa shape index (κ3) is 5.77. The van der Waals surface area contributed by atoms with Gasteiger partial charge in [0.1, 0.15) is 0 Å². The Morgan fingerprint density at radius 1 is 0.754 bits per heavy atom. The molecule has 3 fully saturated rings. The van der Waals surface area contributed by atoms with Crippen LogP contribution in [0.4, 0.5) is 22.7 Å². The zero-order chi connectivity index (χ0) is 39.4. The molecule has 10 heteroatoms. The summed E-state index contributed by atoms with van der Waals surface area (Å²) in [6.45, 7) is 4.08. The zero-order valence-corrected chi connectivity index (χ0v) is 31.6. The van der Waals surface area contributed by atoms with Crippen LogP contribution in [0.5, 0.6) is 11.5 Å². The molecule has 6 atom stereocenters. The van der Waals surface area contributed by atoms with Crippen molar-refractivity contribution in [2.24, 2.45) is 23.7 Å². The maximum absolute atomic E-state index is 15.4. The van der Waals surface area contributed by atoms with E-state index in [0.29, 0.717) is 35.5 Å². The normalized spacial score (nSPS) is 25.1. The number of ether oxygens (including phenoxy) is 1. The molecule has 57 heavy (non-hydrogen) atoms. The van der Waals surface area contributed by atoms with E-state index in [9.17, 15) is 19.5 Å². The second kappa shape index (κ2) is 14.1. The fourth-order valence-corrected chi connectivity index (χ4v) is 9.74. The molecular formula is C47H42N4O6. The highest BCUT2D eigenvalue weighted by Gasteiger charge is 2.70. The molecule has 3 N–H and O–H groups in total. The largest absolute Gasteiger partial charge is 0.504 e. The highest BCUT2D eigenvalue weighted by Crippen LogP contribution is 2.64. The number of phenols is 1. The monoisotopic (exact) mass is 758 g/mol. The lowest BCUT2D eigenvalue weighted by Gasteiger charge is -2.50. The van der Waals surface area contributed by atoms with E-state index in [1.54, 1.807) is 30.3 Å². The van der Waals surface area contributed by atoms with Gasteiger partial charge in [-0.1, -0.05) is 83.9 Å². The molecule has 0 spiro atoms. The molecule has 0 bridgehead atoms. The van der Waals surface area contributed by atoms with E-state index in [1.165, 1.54) is 4.90 Å². The number of benzene rings is 5. The Kier molecular flexibility index (Phi) is 8.91. The minimum atomic E-state index is -1.43. The molecule has 4 aliphatic rings. The number of rotatable bonds is 9. The van der Waals surface area contributed by atoms with Crippen LogP contribution in [-0.4, -0.2) is 40.4 Å². The Balaban J connectivity index is 1.16. The smallest absolute Gasteiger partial charge is 0.260 e. The standard InChI is InChI=1S/C47H42N4O6/c1-3-57-40-26-29(16-25-39(40)52)42-35-23-24-36-41(45(55)50(43(36)53)34-21-19-32(20-22-34)48-31-12-8-5-9-13-31)37(35)27-38-44(54)51(49-33-17-14-28(2)15-18-33)46(56)47(38,42)30-10-6-4-7-11-30/h4-23,25-26,36-38,41-42,48-49,52H,3,24,27H2,1-2H3/t36-,37+,38-,41-,42-,47+/m0/s1. The van der Waals surface area contributed by atoms with Crippen molar-refractivity contribution in [2.75, 3.05) is 22.2 Å². The van der Waals surface area contributed by atoms with Crippen molar-refractivity contribution in [2.45, 2.75) is 38.0 Å². The first kappa shape index (κ1) is 36.0. The molecule has 2 aliphatic carbocycles. The molecule has 4 amide bonds. The minimum absolute atomic E-state index is 0.0513. The van der Waals surface area contributed by atoms with Gasteiger partial charge in [-0.2, -0.15) is 5.01 Å². The first-order valence-electron chi connectivity index (χ1n) is 19.4. The van der Waals surface area contributed by atoms with Crippen molar-refractivity contribution in [1.29, 1.82) is 0 Å². The number of fused-ring (bicyclic) bond motifs is 4. The molecule has 2 saturated heterocycles. The van der Waals surface area contributed by atoms with E-state index in [2.05, 4.69) is 10.7 Å². The molecule has 9 rings (SSSR count). The predicted octanol–water partition coefficient (Wildman–Crippen LogP) is 8.03. The number of carbonyl (C=O) groups excluding carboxylic acids is 4. The molecule has 0 radical (unpaired) electrons. The number of allylic oxidation sites excluding steroid dienone is 2. The van der Waals surface area contributed by atoms with Gasteiger partial charge < -0.3 is 15.2 Å². The lowest BCUT2D eigenvalue weighted by Crippen LogP contribution is -2.53. The molecule has 286 valence electrons. The molecule has 2 heterocycles. The highest BCUT2D eigenvalue weighted by molar-refractivity contribution is 6.22. The van der Waals surface area contributed by atoms with Gasteiger partial charge in [-0.05, 0) is 104 Å². The van der Waals surface area contributed by atoms with Crippen LogP contribution in [0.25, 0.3) is 0 Å². The Labute approximate surface area is 330 Å². The number of nitrogens with zero attached hydrogens (tertiary/aromatic N) is 2. The van der Waals surface area contributed by atoms with Gasteiger partial charge in [0.25, 0.3) is 11.8 Å². The van der Waals surface area contributed by atoms with E-state index >= 15 is 4.79 Å². The lowest BCUT2D eigenvalue weighted by atomic mass is 9.49. The highest BCUT2D eigenvalue weighted by atomic mass is 16.5. The third-order valence-electron chi connectivity index (χ3n) is 12.2. The lowest BCUT2D eigenvalue weighted by molar-refractivity contribution is -0.138. The maximum Gasteiger partial charge on any atom is 0.260 e. The molecule has 10 nitrogen and oxygen atoms in total. The Morgan fingerprint density at radius 3 is 2.12 bits per heavy atom. The zero-order valence-electron chi connectivity index (χ0n) is 31.6. The van der Waals surface area contributed by atoms with Crippen molar-refractivity contribution in [3.05, 3.63) is 156 Å². The summed E-state index contributed by atoms with van der Waals surface area (Å²) < 4.78 is 5.86. The Hall–Kier alpha value is -6.68. The van der Waals surface area contributed by atoms with Gasteiger partial charge in [0.05, 0.1) is 41.2 Å². The van der Waals surface area contributed by atoms with E-state index in [1.807, 2.05) is 117 Å². The van der Waals surface area contributed by atoms with Crippen LogP contribution >= 0.6 is 0 Å². The number of imide groups is 2. The van der Waals surface area contributed by atoms with Crippen LogP contribution in [0, 0.1) is 30.6 Å². The molecule has 2 aliphatic heterocycles. The van der Waals surface area contributed by atoms with Crippen LogP contribution in [0.2, 0.25) is 0 Å². The van der Waals surface area contributed by atoms with E-state index in [4.69, 9.17) is 4.74 Å². The summed E-state index contributed by atoms with van der Waals surface area (Å²) in [5.74, 6) is -4.78. The summed E-state index contributed by atoms with van der Waals surface area (Å²) >= 11 is 0. The van der Waals surface area contributed by atoms with Crippen LogP contribution in [0.3, 0.4) is 0 Å². The van der Waals surface area contributed by atoms with Crippen molar-refractivity contribution in [1.82, 2.24) is 5.01 Å². The van der Waals surface area contributed by atoms with Crippen molar-refractivity contribution >= 4 is 46.4 Å². The fourth-order valence-electron chi connectivity index (χ4n) is 9.74. The number of para-hydroxylation sites is 1. The van der Waals surface area contributed by atoms with Crippen LogP contribution in [0.15, 0.2) is 139 Å². The van der Waals surface area contributed by atoms with Gasteiger partial charge in [-0.3, -0.25) is 29.5 Å². The first-order chi connectivity index (χ1) is 27.7. The maximum atomic E-state index is 15.4. The topological polar surface area (TPSA) is 128 Å². The number of aryl methyl sites for hydroxylation is 1. The SMILES string of the molecule is CCOc1cc([C@H]2C3=CC[C@@H]4C(=O)N(c5ccc(Nc6ccccc6)cc5)C(=O)[C@@H]4[C@@H]3C[C@H]3C(=O)N(Nc4ccc(C)cc4)C(=O)[C@@]23c2ccccc2)ccc1O. The number of hydrogen-bond acceptors (Lipinski definition) is 8. The molecule has 5 aromatic carbocycles. The first-order valence-corrected chi connectivity index (χ1v) is 19.4. The van der Waals surface area contributed by atoms with Gasteiger partial charge >= 0.3 is 0 Å². The van der Waals surface area contributed by atoms with Crippen LogP contribution < -0.4 is 20.4 Å². The molecule has 0 unspecified atom stereocenters. The average molecular weight is 759 g/mol. The average Bonchev–Trinajstić information content (AvgIpc) is 3.61. The number of phenolic OH excluding ortho intramolecular Hbond substituents is 1. The summed E-state index contributed by atoms with van der Waals surface area (Å²) in [4.78, 5) is 60.7. The summed E-state index contributed by atoms with van der Waals surface area (Å²) in [6, 6.07) is 38.9. The fraction of sp³-hybridized carbons (Fsp3) is 0.234. The number of anilines is 4. The summed E-state index contributed by atoms with van der Waals surface area (Å²) in [5.41, 5.74) is 7.67. The summed E-state index contributed by atoms with van der Waals surface area (Å²) in [6.07, 6.45) is 2.50. The van der Waals surface area contributed by atoms with Gasteiger partial charge in [-0.25, -0.2) is 0 Å². The summed E-state index contributed by atoms with van der Waals surface area (Å²) in [7, 11) is 0. The van der Waals surface area contributed by atoms with Crippen molar-refractivity contribution in [3.8, 4) is 11.5 Å². The third-order valence-corrected chi connectivity index (χ3v) is 12.2. The summed E-state index contributed by atoms with van der Waals surface area (Å²) in [5, 5.41) is 15.3. The Bertz CT molecular complexity index is 2420. The number of hydrogen-bond donors (Lipinski definition) is 3. The van der Waals surface area contributed by atoms with Gasteiger partial charge in [-0.15, -0.1) is 0 Å². The van der Waals surface area contributed by atoms with Crippen LogP contribution in [0.1, 0.15) is 42.4 Å². The minimum Gasteiger partial charge on any atom is -0.504 e. The molecular weight excluding hydrogens is 717 g/mol. The number of carbonyl (C=O) groups is 4. The molecule has 5 aromatic rings. The van der Waals surface area contributed by atoms with Gasteiger partial charge in [0.2, 0.25) is 11.8 Å². The van der Waals surface area contributed by atoms with E-state index in [0.717, 1.165) is 27.5 Å². The van der Waals surface area contributed by atoms with Crippen LogP contribution in [-0.2, 0) is 24.6 Å².